The van der Waals surface area contributed by atoms with Crippen LogP contribution in [0.15, 0.2) is 0 Å². The van der Waals surface area contributed by atoms with Crippen LogP contribution in [0.25, 0.3) is 0 Å². The first-order chi connectivity index (χ1) is 4.42. The van der Waals surface area contributed by atoms with Crippen LogP contribution >= 0.6 is 0 Å². The summed E-state index contributed by atoms with van der Waals surface area (Å²) in [5.74, 6) is 5.05. The standard InChI is InChI=1S/C9H12/c1-2-9-4-6(7(1)9)5-3-8(5)9/h5-8H,1-4H2. The Labute approximate surface area is 55.6 Å². The molecule has 48 valence electrons. The van der Waals surface area contributed by atoms with Gasteiger partial charge in [0.2, 0.25) is 0 Å². The van der Waals surface area contributed by atoms with Crippen LogP contribution in [0.2, 0.25) is 0 Å². The van der Waals surface area contributed by atoms with Gasteiger partial charge in [-0.1, -0.05) is 0 Å². The van der Waals surface area contributed by atoms with E-state index in [4.69, 9.17) is 0 Å². The van der Waals surface area contributed by atoms with E-state index in [0.29, 0.717) is 0 Å². The predicted octanol–water partition coefficient (Wildman–Crippen LogP) is 2.05. The molecule has 0 N–H and O–H groups in total. The molecule has 0 aromatic heterocycles. The van der Waals surface area contributed by atoms with E-state index in [9.17, 15) is 0 Å². The fourth-order valence-electron chi connectivity index (χ4n) is 4.41. The summed E-state index contributed by atoms with van der Waals surface area (Å²) >= 11 is 0. The zero-order valence-electron chi connectivity index (χ0n) is 5.64. The minimum absolute atomic E-state index is 1.01. The van der Waals surface area contributed by atoms with Gasteiger partial charge < -0.3 is 0 Å². The lowest BCUT2D eigenvalue weighted by atomic mass is 9.45. The smallest absolute Gasteiger partial charge is 0.0232 e. The predicted molar refractivity (Wildman–Crippen MR) is 34.9 cm³/mol. The molecular formula is C9H12. The van der Waals surface area contributed by atoms with E-state index in [-0.39, 0.29) is 0 Å². The van der Waals surface area contributed by atoms with Crippen molar-refractivity contribution in [3.63, 3.8) is 0 Å². The molecule has 0 spiro atoms. The van der Waals surface area contributed by atoms with Crippen molar-refractivity contribution in [3.8, 4) is 0 Å². The zero-order valence-corrected chi connectivity index (χ0v) is 5.64. The molecule has 0 saturated heterocycles. The summed E-state index contributed by atoms with van der Waals surface area (Å²) in [6.45, 7) is 0. The van der Waals surface area contributed by atoms with Gasteiger partial charge >= 0.3 is 0 Å². The largest absolute Gasteiger partial charge is 0.0491 e. The van der Waals surface area contributed by atoms with E-state index in [1.54, 1.807) is 25.7 Å². The van der Waals surface area contributed by atoms with Gasteiger partial charge in [-0.3, -0.25) is 0 Å². The topological polar surface area (TPSA) is 0 Å². The summed E-state index contributed by atoms with van der Waals surface area (Å²) in [6, 6.07) is 0. The maximum absolute atomic E-state index is 1.66. The van der Waals surface area contributed by atoms with Gasteiger partial charge in [-0.05, 0) is 54.8 Å². The highest BCUT2D eigenvalue weighted by molar-refractivity contribution is 5.27. The van der Waals surface area contributed by atoms with E-state index in [2.05, 4.69) is 0 Å². The molecule has 0 heterocycles. The fourth-order valence-corrected chi connectivity index (χ4v) is 4.41. The van der Waals surface area contributed by atoms with Gasteiger partial charge in [-0.15, -0.1) is 0 Å². The molecule has 0 heteroatoms. The van der Waals surface area contributed by atoms with Crippen molar-refractivity contribution < 1.29 is 0 Å². The van der Waals surface area contributed by atoms with Crippen LogP contribution in [0.3, 0.4) is 0 Å². The Hall–Kier alpha value is 0. The summed E-state index contributed by atoms with van der Waals surface area (Å²) in [6.07, 6.45) is 6.53. The van der Waals surface area contributed by atoms with Gasteiger partial charge in [0.15, 0.2) is 0 Å². The molecule has 9 heavy (non-hydrogen) atoms. The lowest BCUT2D eigenvalue weighted by Crippen LogP contribution is -2.51. The van der Waals surface area contributed by atoms with Crippen molar-refractivity contribution in [1.82, 2.24) is 0 Å². The van der Waals surface area contributed by atoms with Crippen LogP contribution in [0, 0.1) is 29.1 Å². The third-order valence-corrected chi connectivity index (χ3v) is 4.92. The molecule has 4 fully saturated rings. The normalized spacial score (nSPS) is 80.0. The Morgan fingerprint density at radius 3 is 2.44 bits per heavy atom. The highest BCUT2D eigenvalue weighted by Gasteiger charge is 2.78. The molecule has 0 aromatic carbocycles. The van der Waals surface area contributed by atoms with Crippen LogP contribution in [-0.4, -0.2) is 0 Å². The second kappa shape index (κ2) is 0.810. The fraction of sp³-hybridized carbons (Fsp3) is 1.00. The van der Waals surface area contributed by atoms with Crippen LogP contribution in [-0.2, 0) is 0 Å². The Morgan fingerprint density at radius 2 is 2.11 bits per heavy atom. The summed E-state index contributed by atoms with van der Waals surface area (Å²) in [4.78, 5) is 0. The Bertz CT molecular complexity index is 188. The summed E-state index contributed by atoms with van der Waals surface area (Å²) in [5.41, 5.74) is 1.01. The maximum Gasteiger partial charge on any atom is -0.0232 e. The number of fused-ring (bicyclic) bond motifs is 2. The highest BCUT2D eigenvalue weighted by Crippen LogP contribution is 2.85. The molecule has 5 atom stereocenters. The zero-order chi connectivity index (χ0) is 5.64. The van der Waals surface area contributed by atoms with Crippen LogP contribution in [0.4, 0.5) is 0 Å². The first-order valence-electron chi connectivity index (χ1n) is 4.42. The van der Waals surface area contributed by atoms with E-state index in [1.165, 1.54) is 23.7 Å². The van der Waals surface area contributed by atoms with Gasteiger partial charge in [-0.25, -0.2) is 0 Å². The van der Waals surface area contributed by atoms with E-state index < -0.39 is 0 Å². The quantitative estimate of drug-likeness (QED) is 0.459. The lowest BCUT2D eigenvalue weighted by molar-refractivity contribution is -0.105. The third kappa shape index (κ3) is 0.210. The van der Waals surface area contributed by atoms with Crippen LogP contribution < -0.4 is 0 Å². The van der Waals surface area contributed by atoms with Crippen molar-refractivity contribution in [2.24, 2.45) is 29.1 Å². The van der Waals surface area contributed by atoms with Gasteiger partial charge in [0, 0.05) is 0 Å². The van der Waals surface area contributed by atoms with E-state index in [0.717, 1.165) is 5.41 Å². The molecule has 4 saturated carbocycles. The van der Waals surface area contributed by atoms with Crippen molar-refractivity contribution in [3.05, 3.63) is 0 Å². The van der Waals surface area contributed by atoms with Gasteiger partial charge in [0.05, 0.1) is 0 Å². The van der Waals surface area contributed by atoms with Gasteiger partial charge in [-0.2, -0.15) is 0 Å². The molecule has 0 radical (unpaired) electrons. The minimum Gasteiger partial charge on any atom is -0.0491 e. The monoisotopic (exact) mass is 120 g/mol. The highest BCUT2D eigenvalue weighted by atomic mass is 14.8. The second-order valence-electron chi connectivity index (χ2n) is 4.75. The Kier molecular flexibility index (Phi) is 0.360. The second-order valence-corrected chi connectivity index (χ2v) is 4.75. The summed E-state index contributed by atoms with van der Waals surface area (Å²) in [7, 11) is 0. The van der Waals surface area contributed by atoms with Crippen molar-refractivity contribution in [2.75, 3.05) is 0 Å². The molecule has 0 amide bonds. The van der Waals surface area contributed by atoms with E-state index in [1.807, 2.05) is 0 Å². The number of hydrogen-bond donors (Lipinski definition) is 0. The van der Waals surface area contributed by atoms with Crippen LogP contribution in [0.1, 0.15) is 25.7 Å². The number of hydrogen-bond acceptors (Lipinski definition) is 0. The molecule has 0 nitrogen and oxygen atoms in total. The van der Waals surface area contributed by atoms with Crippen LogP contribution in [0.5, 0.6) is 0 Å². The molecule has 2 bridgehead atoms. The SMILES string of the molecule is C1CC23CC(C4CC42)C13. The Balaban J connectivity index is 1.94. The first-order valence-corrected chi connectivity index (χ1v) is 4.42. The maximum atomic E-state index is 1.66. The lowest BCUT2D eigenvalue weighted by Gasteiger charge is -2.60. The minimum atomic E-state index is 1.01. The molecule has 4 aliphatic carbocycles. The van der Waals surface area contributed by atoms with Crippen molar-refractivity contribution in [2.45, 2.75) is 25.7 Å². The molecular weight excluding hydrogens is 108 g/mol. The summed E-state index contributed by atoms with van der Waals surface area (Å²) in [5, 5.41) is 0. The van der Waals surface area contributed by atoms with Crippen molar-refractivity contribution in [1.29, 1.82) is 0 Å². The molecule has 5 unspecified atom stereocenters. The average molecular weight is 120 g/mol. The summed E-state index contributed by atoms with van der Waals surface area (Å²) < 4.78 is 0. The molecule has 0 aromatic rings. The third-order valence-electron chi connectivity index (χ3n) is 4.92. The number of rotatable bonds is 0. The first kappa shape index (κ1) is 4.00. The molecule has 0 aliphatic heterocycles. The molecule has 4 aliphatic rings. The Morgan fingerprint density at radius 1 is 1.11 bits per heavy atom. The van der Waals surface area contributed by atoms with E-state index >= 15 is 0 Å². The molecule has 4 rings (SSSR count). The average Bonchev–Trinajstić information content (AvgIpc) is 2.49. The van der Waals surface area contributed by atoms with Gasteiger partial charge in [0.1, 0.15) is 0 Å². The van der Waals surface area contributed by atoms with Gasteiger partial charge in [0.25, 0.3) is 0 Å². The van der Waals surface area contributed by atoms with Crippen molar-refractivity contribution >= 4 is 0 Å².